The van der Waals surface area contributed by atoms with Crippen LogP contribution in [0.2, 0.25) is 0 Å². The molecule has 1 aromatic heterocycles. The number of Topliss-reactive ketones (excluding diaryl/α,β-unsaturated/α-hetero) is 1. The van der Waals surface area contributed by atoms with E-state index < -0.39 is 17.7 Å². The molecule has 0 fully saturated rings. The first-order valence-corrected chi connectivity index (χ1v) is 6.68. The fourth-order valence-corrected chi connectivity index (χ4v) is 1.73. The summed E-state index contributed by atoms with van der Waals surface area (Å²) in [7, 11) is 3.26. The standard InChI is InChI=1S/C14H14BrFN2O3/c1-4-5-21-14(20)11(8-18(2)3)12(19)10-6-9(15)7-17-13(10)16/h4,6-8H,1,5H2,2-3H3. The number of ketones is 1. The number of aromatic nitrogens is 1. The number of carbonyl (C=O) groups is 2. The summed E-state index contributed by atoms with van der Waals surface area (Å²) < 4.78 is 18.9. The van der Waals surface area contributed by atoms with Crippen LogP contribution in [0.25, 0.3) is 0 Å². The Labute approximate surface area is 130 Å². The number of nitrogens with zero attached hydrogens (tertiary/aromatic N) is 2. The zero-order valence-corrected chi connectivity index (χ0v) is 13.2. The Morgan fingerprint density at radius 3 is 2.76 bits per heavy atom. The minimum atomic E-state index is -0.954. The lowest BCUT2D eigenvalue weighted by Crippen LogP contribution is -2.20. The zero-order chi connectivity index (χ0) is 16.0. The van der Waals surface area contributed by atoms with E-state index in [0.29, 0.717) is 4.47 Å². The predicted octanol–water partition coefficient (Wildman–Crippen LogP) is 2.34. The van der Waals surface area contributed by atoms with E-state index in [9.17, 15) is 14.0 Å². The molecular weight excluding hydrogens is 343 g/mol. The Bertz CT molecular complexity index is 600. The van der Waals surface area contributed by atoms with E-state index in [1.807, 2.05) is 0 Å². The summed E-state index contributed by atoms with van der Waals surface area (Å²) in [5.41, 5.74) is -0.603. The van der Waals surface area contributed by atoms with Gasteiger partial charge in [0.05, 0.1) is 5.56 Å². The number of ether oxygens (including phenoxy) is 1. The lowest BCUT2D eigenvalue weighted by molar-refractivity contribution is -0.137. The fraction of sp³-hybridized carbons (Fsp3) is 0.214. The second-order valence-corrected chi connectivity index (χ2v) is 5.13. The Kier molecular flexibility index (Phi) is 6.23. The van der Waals surface area contributed by atoms with Gasteiger partial charge in [-0.15, -0.1) is 0 Å². The number of esters is 1. The third kappa shape index (κ3) is 4.78. The van der Waals surface area contributed by atoms with Crippen molar-refractivity contribution >= 4 is 27.7 Å². The van der Waals surface area contributed by atoms with Gasteiger partial charge in [0.2, 0.25) is 11.7 Å². The quantitative estimate of drug-likeness (QED) is 0.149. The van der Waals surface area contributed by atoms with Crippen LogP contribution < -0.4 is 0 Å². The predicted molar refractivity (Wildman–Crippen MR) is 79.2 cm³/mol. The SMILES string of the molecule is C=CCOC(=O)C(=CN(C)C)C(=O)c1cc(Br)cnc1F. The molecule has 0 atom stereocenters. The topological polar surface area (TPSA) is 59.5 Å². The first-order chi connectivity index (χ1) is 9.86. The number of hydrogen-bond acceptors (Lipinski definition) is 5. The molecule has 0 amide bonds. The summed E-state index contributed by atoms with van der Waals surface area (Å²) in [5, 5.41) is 0. The van der Waals surface area contributed by atoms with Crippen LogP contribution in [0.4, 0.5) is 4.39 Å². The Morgan fingerprint density at radius 2 is 2.19 bits per heavy atom. The van der Waals surface area contributed by atoms with Crippen molar-refractivity contribution in [1.82, 2.24) is 9.88 Å². The van der Waals surface area contributed by atoms with Gasteiger partial charge in [-0.3, -0.25) is 4.79 Å². The largest absolute Gasteiger partial charge is 0.458 e. The van der Waals surface area contributed by atoms with Crippen LogP contribution in [-0.4, -0.2) is 42.3 Å². The fourth-order valence-electron chi connectivity index (χ4n) is 1.40. The van der Waals surface area contributed by atoms with Gasteiger partial charge in [-0.2, -0.15) is 4.39 Å². The molecule has 0 aliphatic rings. The summed E-state index contributed by atoms with van der Waals surface area (Å²) in [6.45, 7) is 3.37. The molecular formula is C14H14BrFN2O3. The minimum absolute atomic E-state index is 0.0455. The van der Waals surface area contributed by atoms with E-state index in [1.165, 1.54) is 29.4 Å². The molecule has 1 rings (SSSR count). The summed E-state index contributed by atoms with van der Waals surface area (Å²) in [4.78, 5) is 29.2. The first-order valence-electron chi connectivity index (χ1n) is 5.88. The summed E-state index contributed by atoms with van der Waals surface area (Å²) in [6, 6.07) is 1.26. The molecule has 7 heteroatoms. The van der Waals surface area contributed by atoms with Gasteiger partial charge in [0.15, 0.2) is 0 Å². The maximum absolute atomic E-state index is 13.7. The van der Waals surface area contributed by atoms with Crippen LogP contribution in [0.5, 0.6) is 0 Å². The Morgan fingerprint density at radius 1 is 1.52 bits per heavy atom. The molecule has 112 valence electrons. The molecule has 0 aromatic carbocycles. The third-order valence-corrected chi connectivity index (χ3v) is 2.67. The molecule has 0 radical (unpaired) electrons. The van der Waals surface area contributed by atoms with Crippen molar-refractivity contribution < 1.29 is 18.7 Å². The summed E-state index contributed by atoms with van der Waals surface area (Å²) >= 11 is 3.10. The lowest BCUT2D eigenvalue weighted by Gasteiger charge is -2.11. The van der Waals surface area contributed by atoms with Crippen molar-refractivity contribution in [3.8, 4) is 0 Å². The van der Waals surface area contributed by atoms with Crippen molar-refractivity contribution in [1.29, 1.82) is 0 Å². The molecule has 21 heavy (non-hydrogen) atoms. The smallest absolute Gasteiger partial charge is 0.343 e. The van der Waals surface area contributed by atoms with Crippen LogP contribution in [0.3, 0.4) is 0 Å². The molecule has 0 unspecified atom stereocenters. The molecule has 0 bridgehead atoms. The van der Waals surface area contributed by atoms with E-state index in [-0.39, 0.29) is 17.7 Å². The molecule has 0 aliphatic carbocycles. The second-order valence-electron chi connectivity index (χ2n) is 4.21. The van der Waals surface area contributed by atoms with Crippen molar-refractivity contribution in [2.75, 3.05) is 20.7 Å². The van der Waals surface area contributed by atoms with E-state index in [2.05, 4.69) is 27.5 Å². The van der Waals surface area contributed by atoms with Crippen LogP contribution in [0.1, 0.15) is 10.4 Å². The molecule has 0 aliphatic heterocycles. The van der Waals surface area contributed by atoms with Crippen LogP contribution in [0, 0.1) is 5.95 Å². The molecule has 0 saturated heterocycles. The molecule has 5 nitrogen and oxygen atoms in total. The maximum Gasteiger partial charge on any atom is 0.343 e. The normalized spacial score (nSPS) is 11.0. The van der Waals surface area contributed by atoms with Crippen molar-refractivity contribution in [3.63, 3.8) is 0 Å². The summed E-state index contributed by atoms with van der Waals surface area (Å²) in [6.07, 6.45) is 3.86. The van der Waals surface area contributed by atoms with E-state index >= 15 is 0 Å². The number of carbonyl (C=O) groups excluding carboxylic acids is 2. The highest BCUT2D eigenvalue weighted by molar-refractivity contribution is 9.10. The average molecular weight is 357 g/mol. The van der Waals surface area contributed by atoms with E-state index in [4.69, 9.17) is 4.74 Å². The van der Waals surface area contributed by atoms with Gasteiger partial charge in [0.25, 0.3) is 0 Å². The minimum Gasteiger partial charge on any atom is -0.458 e. The number of halogens is 2. The highest BCUT2D eigenvalue weighted by Crippen LogP contribution is 2.17. The van der Waals surface area contributed by atoms with E-state index in [0.717, 1.165) is 0 Å². The van der Waals surface area contributed by atoms with Gasteiger partial charge >= 0.3 is 5.97 Å². The molecule has 1 heterocycles. The lowest BCUT2D eigenvalue weighted by atomic mass is 10.1. The van der Waals surface area contributed by atoms with Crippen LogP contribution in [-0.2, 0) is 9.53 Å². The Balaban J connectivity index is 3.20. The van der Waals surface area contributed by atoms with Crippen molar-refractivity contribution in [3.05, 3.63) is 52.7 Å². The second kappa shape index (κ2) is 7.68. The molecule has 0 saturated carbocycles. The van der Waals surface area contributed by atoms with Gasteiger partial charge in [-0.05, 0) is 22.0 Å². The molecule has 0 spiro atoms. The number of rotatable bonds is 6. The maximum atomic E-state index is 13.7. The van der Waals surface area contributed by atoms with Crippen molar-refractivity contribution in [2.45, 2.75) is 0 Å². The monoisotopic (exact) mass is 356 g/mol. The highest BCUT2D eigenvalue weighted by Gasteiger charge is 2.25. The van der Waals surface area contributed by atoms with Gasteiger partial charge in [-0.1, -0.05) is 12.7 Å². The number of hydrogen-bond donors (Lipinski definition) is 0. The van der Waals surface area contributed by atoms with Crippen molar-refractivity contribution in [2.24, 2.45) is 0 Å². The van der Waals surface area contributed by atoms with Crippen LogP contribution in [0.15, 0.2) is 41.2 Å². The van der Waals surface area contributed by atoms with Gasteiger partial charge in [0, 0.05) is 31.0 Å². The highest BCUT2D eigenvalue weighted by atomic mass is 79.9. The van der Waals surface area contributed by atoms with Crippen LogP contribution >= 0.6 is 15.9 Å². The van der Waals surface area contributed by atoms with E-state index in [1.54, 1.807) is 14.1 Å². The summed E-state index contributed by atoms with van der Waals surface area (Å²) in [5.74, 6) is -2.61. The Hall–Kier alpha value is -2.02. The first kappa shape index (κ1) is 17.0. The molecule has 0 N–H and O–H groups in total. The van der Waals surface area contributed by atoms with Gasteiger partial charge in [-0.25, -0.2) is 9.78 Å². The number of pyridine rings is 1. The van der Waals surface area contributed by atoms with Gasteiger partial charge in [0.1, 0.15) is 12.2 Å². The third-order valence-electron chi connectivity index (χ3n) is 2.23. The average Bonchev–Trinajstić information content (AvgIpc) is 2.43. The van der Waals surface area contributed by atoms with Gasteiger partial charge < -0.3 is 9.64 Å². The zero-order valence-electron chi connectivity index (χ0n) is 11.6. The molecule has 1 aromatic rings.